The molecule has 2 rings (SSSR count). The summed E-state index contributed by atoms with van der Waals surface area (Å²) >= 11 is 5.85. The van der Waals surface area contributed by atoms with Crippen LogP contribution in [0.5, 0.6) is 0 Å². The van der Waals surface area contributed by atoms with Gasteiger partial charge in [0.2, 0.25) is 0 Å². The van der Waals surface area contributed by atoms with E-state index < -0.39 is 5.97 Å². The molecule has 0 fully saturated rings. The van der Waals surface area contributed by atoms with Gasteiger partial charge in [0.05, 0.1) is 11.3 Å². The number of hydrogen-bond donors (Lipinski definition) is 1. The first-order chi connectivity index (χ1) is 8.49. The first-order valence-electron chi connectivity index (χ1n) is 5.46. The molecule has 1 aromatic heterocycles. The Morgan fingerprint density at radius 1 is 1.17 bits per heavy atom. The number of halogens is 1. The van der Waals surface area contributed by atoms with Gasteiger partial charge >= 0.3 is 5.97 Å². The van der Waals surface area contributed by atoms with Crippen molar-refractivity contribution >= 4 is 17.6 Å². The zero-order valence-corrected chi connectivity index (χ0v) is 10.8. The van der Waals surface area contributed by atoms with Crippen LogP contribution in [0.3, 0.4) is 0 Å². The lowest BCUT2D eigenvalue weighted by Crippen LogP contribution is -1.99. The average molecular weight is 262 g/mol. The number of aromatic nitrogens is 1. The number of rotatable bonds is 2. The Kier molecular flexibility index (Phi) is 3.34. The van der Waals surface area contributed by atoms with Crippen LogP contribution in [-0.2, 0) is 0 Å². The van der Waals surface area contributed by atoms with Crippen molar-refractivity contribution in [2.24, 2.45) is 0 Å². The monoisotopic (exact) mass is 261 g/mol. The predicted molar refractivity (Wildman–Crippen MR) is 71.1 cm³/mol. The van der Waals surface area contributed by atoms with Gasteiger partial charge in [0.1, 0.15) is 5.15 Å². The lowest BCUT2D eigenvalue weighted by molar-refractivity contribution is 0.0696. The lowest BCUT2D eigenvalue weighted by atomic mass is 10.0. The average Bonchev–Trinajstić information content (AvgIpc) is 2.32. The Balaban J connectivity index is 2.48. The largest absolute Gasteiger partial charge is 0.478 e. The fourth-order valence-electron chi connectivity index (χ4n) is 1.66. The Morgan fingerprint density at radius 3 is 2.44 bits per heavy atom. The molecule has 1 heterocycles. The van der Waals surface area contributed by atoms with E-state index in [4.69, 9.17) is 16.7 Å². The van der Waals surface area contributed by atoms with Crippen LogP contribution in [0.1, 0.15) is 21.5 Å². The van der Waals surface area contributed by atoms with Gasteiger partial charge in [-0.15, -0.1) is 0 Å². The molecule has 0 aliphatic carbocycles. The topological polar surface area (TPSA) is 50.2 Å². The minimum atomic E-state index is -1.07. The highest BCUT2D eigenvalue weighted by atomic mass is 35.5. The SMILES string of the molecule is Cc1ccc(-c2ccc(C(=O)O)c(Cl)n2)cc1C. The molecule has 0 aliphatic heterocycles. The summed E-state index contributed by atoms with van der Waals surface area (Å²) in [4.78, 5) is 15.0. The van der Waals surface area contributed by atoms with Crippen LogP contribution in [0.2, 0.25) is 5.15 Å². The molecule has 1 aromatic carbocycles. The summed E-state index contributed by atoms with van der Waals surface area (Å²) in [5, 5.41) is 8.90. The van der Waals surface area contributed by atoms with Crippen LogP contribution >= 0.6 is 11.6 Å². The zero-order valence-electron chi connectivity index (χ0n) is 10.1. The van der Waals surface area contributed by atoms with Crippen LogP contribution in [0.4, 0.5) is 0 Å². The number of aromatic carboxylic acids is 1. The molecule has 0 saturated carbocycles. The van der Waals surface area contributed by atoms with E-state index in [0.29, 0.717) is 5.69 Å². The van der Waals surface area contributed by atoms with Gasteiger partial charge in [0, 0.05) is 5.56 Å². The first-order valence-corrected chi connectivity index (χ1v) is 5.84. The second-order valence-electron chi connectivity index (χ2n) is 4.14. The van der Waals surface area contributed by atoms with Crippen LogP contribution in [0.15, 0.2) is 30.3 Å². The lowest BCUT2D eigenvalue weighted by Gasteiger charge is -2.06. The second kappa shape index (κ2) is 4.78. The number of nitrogens with zero attached hydrogens (tertiary/aromatic N) is 1. The minimum absolute atomic E-state index is 0.0122. The summed E-state index contributed by atoms with van der Waals surface area (Å²) in [5.41, 5.74) is 3.98. The standard InChI is InChI=1S/C14H12ClNO2/c1-8-3-4-10(7-9(8)2)12-6-5-11(14(17)18)13(15)16-12/h3-7H,1-2H3,(H,17,18). The van der Waals surface area contributed by atoms with E-state index in [0.717, 1.165) is 11.1 Å². The maximum atomic E-state index is 10.8. The summed E-state index contributed by atoms with van der Waals surface area (Å²) < 4.78 is 0. The normalized spacial score (nSPS) is 10.4. The van der Waals surface area contributed by atoms with Crippen molar-refractivity contribution < 1.29 is 9.90 Å². The van der Waals surface area contributed by atoms with E-state index in [2.05, 4.69) is 4.98 Å². The van der Waals surface area contributed by atoms with Gasteiger partial charge in [-0.25, -0.2) is 9.78 Å². The van der Waals surface area contributed by atoms with Crippen molar-refractivity contribution in [2.45, 2.75) is 13.8 Å². The zero-order chi connectivity index (χ0) is 13.3. The van der Waals surface area contributed by atoms with Crippen molar-refractivity contribution in [1.82, 2.24) is 4.98 Å². The number of aryl methyl sites for hydroxylation is 2. The van der Waals surface area contributed by atoms with E-state index >= 15 is 0 Å². The quantitative estimate of drug-likeness (QED) is 0.839. The molecular weight excluding hydrogens is 250 g/mol. The van der Waals surface area contributed by atoms with Crippen molar-refractivity contribution in [3.8, 4) is 11.3 Å². The second-order valence-corrected chi connectivity index (χ2v) is 4.50. The summed E-state index contributed by atoms with van der Waals surface area (Å²) in [7, 11) is 0. The molecule has 4 heteroatoms. The summed E-state index contributed by atoms with van der Waals surface area (Å²) in [6.45, 7) is 4.05. The molecule has 18 heavy (non-hydrogen) atoms. The van der Waals surface area contributed by atoms with Crippen molar-refractivity contribution in [2.75, 3.05) is 0 Å². The van der Waals surface area contributed by atoms with Gasteiger partial charge < -0.3 is 5.11 Å². The molecule has 0 radical (unpaired) electrons. The maximum absolute atomic E-state index is 10.8. The van der Waals surface area contributed by atoms with Crippen molar-refractivity contribution in [3.63, 3.8) is 0 Å². The number of hydrogen-bond acceptors (Lipinski definition) is 2. The molecule has 0 saturated heterocycles. The fourth-order valence-corrected chi connectivity index (χ4v) is 1.89. The van der Waals surface area contributed by atoms with Gasteiger partial charge in [0.15, 0.2) is 0 Å². The number of pyridine rings is 1. The first kappa shape index (κ1) is 12.6. The van der Waals surface area contributed by atoms with Gasteiger partial charge in [-0.05, 0) is 43.2 Å². The smallest absolute Gasteiger partial charge is 0.338 e. The highest BCUT2D eigenvalue weighted by molar-refractivity contribution is 6.32. The Hall–Kier alpha value is -1.87. The molecule has 0 aliphatic rings. The molecule has 2 aromatic rings. The number of carbonyl (C=O) groups is 1. The molecule has 0 amide bonds. The number of carboxylic acids is 1. The Morgan fingerprint density at radius 2 is 1.89 bits per heavy atom. The molecule has 3 nitrogen and oxygen atoms in total. The predicted octanol–water partition coefficient (Wildman–Crippen LogP) is 3.72. The molecule has 0 spiro atoms. The summed E-state index contributed by atoms with van der Waals surface area (Å²) in [6, 6.07) is 9.10. The third-order valence-electron chi connectivity index (χ3n) is 2.88. The molecule has 1 N–H and O–H groups in total. The van der Waals surface area contributed by atoms with E-state index in [1.807, 2.05) is 32.0 Å². The molecule has 0 atom stereocenters. The Labute approximate surface area is 110 Å². The summed E-state index contributed by atoms with van der Waals surface area (Å²) in [6.07, 6.45) is 0. The maximum Gasteiger partial charge on any atom is 0.338 e. The number of carboxylic acid groups (broad SMARTS) is 1. The molecule has 92 valence electrons. The van der Waals surface area contributed by atoms with Crippen molar-refractivity contribution in [3.05, 3.63) is 52.2 Å². The van der Waals surface area contributed by atoms with Gasteiger partial charge in [-0.2, -0.15) is 0 Å². The highest BCUT2D eigenvalue weighted by Crippen LogP contribution is 2.23. The van der Waals surface area contributed by atoms with E-state index in [9.17, 15) is 4.79 Å². The minimum Gasteiger partial charge on any atom is -0.478 e. The van der Waals surface area contributed by atoms with Crippen LogP contribution in [0, 0.1) is 13.8 Å². The third-order valence-corrected chi connectivity index (χ3v) is 3.17. The van der Waals surface area contributed by atoms with E-state index in [-0.39, 0.29) is 10.7 Å². The van der Waals surface area contributed by atoms with Crippen molar-refractivity contribution in [1.29, 1.82) is 0 Å². The molecular formula is C14H12ClNO2. The third kappa shape index (κ3) is 2.36. The van der Waals surface area contributed by atoms with E-state index in [1.54, 1.807) is 6.07 Å². The Bertz CT molecular complexity index is 623. The number of benzene rings is 1. The van der Waals surface area contributed by atoms with E-state index in [1.165, 1.54) is 11.6 Å². The van der Waals surface area contributed by atoms with Crippen LogP contribution < -0.4 is 0 Å². The fraction of sp³-hybridized carbons (Fsp3) is 0.143. The highest BCUT2D eigenvalue weighted by Gasteiger charge is 2.11. The van der Waals surface area contributed by atoms with Gasteiger partial charge in [0.25, 0.3) is 0 Å². The molecule has 0 unspecified atom stereocenters. The van der Waals surface area contributed by atoms with Gasteiger partial charge in [-0.3, -0.25) is 0 Å². The van der Waals surface area contributed by atoms with Crippen LogP contribution in [0.25, 0.3) is 11.3 Å². The summed E-state index contributed by atoms with van der Waals surface area (Å²) in [5.74, 6) is -1.07. The van der Waals surface area contributed by atoms with Crippen LogP contribution in [-0.4, -0.2) is 16.1 Å². The van der Waals surface area contributed by atoms with Gasteiger partial charge in [-0.1, -0.05) is 23.7 Å². The molecule has 0 bridgehead atoms.